The van der Waals surface area contributed by atoms with Gasteiger partial charge in [-0.25, -0.2) is 4.79 Å². The van der Waals surface area contributed by atoms with Gasteiger partial charge in [0.25, 0.3) is 0 Å². The second-order valence-corrected chi connectivity index (χ2v) is 10.0. The Hall–Kier alpha value is -3.11. The van der Waals surface area contributed by atoms with Gasteiger partial charge >= 0.3 is 5.97 Å². The molecule has 0 spiro atoms. The first-order valence-electron chi connectivity index (χ1n) is 10.6. The number of rotatable bonds is 9. The Bertz CT molecular complexity index is 1420. The normalized spacial score (nSPS) is 10.8. The number of aromatic nitrogens is 3. The summed E-state index contributed by atoms with van der Waals surface area (Å²) >= 11 is 14.7. The number of nitrogens with one attached hydrogen (secondary N) is 1. The van der Waals surface area contributed by atoms with Crippen molar-refractivity contribution >= 4 is 63.2 Å². The first-order chi connectivity index (χ1) is 17.4. The molecule has 4 rings (SSSR count). The molecule has 7 nitrogen and oxygen atoms in total. The third-order valence-corrected chi connectivity index (χ3v) is 7.66. The molecule has 0 saturated carbocycles. The van der Waals surface area contributed by atoms with Gasteiger partial charge in [0.2, 0.25) is 5.91 Å². The summed E-state index contributed by atoms with van der Waals surface area (Å²) in [6.45, 7) is 4.24. The Labute approximate surface area is 226 Å². The van der Waals surface area contributed by atoms with Crippen molar-refractivity contribution in [2.45, 2.75) is 11.7 Å². The van der Waals surface area contributed by atoms with Crippen molar-refractivity contribution in [3.8, 4) is 22.5 Å². The number of ether oxygens (including phenoxy) is 1. The zero-order valence-electron chi connectivity index (χ0n) is 19.0. The smallest absolute Gasteiger partial charge is 0.341 e. The van der Waals surface area contributed by atoms with Crippen LogP contribution in [0.5, 0.6) is 0 Å². The van der Waals surface area contributed by atoms with Crippen LogP contribution in [0.15, 0.2) is 71.7 Å². The monoisotopic (exact) mass is 558 g/mol. The molecule has 0 unspecified atom stereocenters. The largest absolute Gasteiger partial charge is 0.465 e. The van der Waals surface area contributed by atoms with Crippen molar-refractivity contribution in [3.05, 3.63) is 82.2 Å². The maximum absolute atomic E-state index is 12.8. The number of amides is 1. The van der Waals surface area contributed by atoms with E-state index >= 15 is 0 Å². The van der Waals surface area contributed by atoms with Gasteiger partial charge < -0.3 is 10.1 Å². The van der Waals surface area contributed by atoms with Crippen molar-refractivity contribution in [2.75, 3.05) is 18.2 Å². The molecule has 0 radical (unpaired) electrons. The lowest BCUT2D eigenvalue weighted by Crippen LogP contribution is -2.16. The highest BCUT2D eigenvalue weighted by Gasteiger charge is 2.23. The number of nitrogens with zero attached hydrogens (tertiary/aromatic N) is 3. The molecule has 1 amide bonds. The summed E-state index contributed by atoms with van der Waals surface area (Å²) in [6, 6.07) is 14.7. The number of carbonyl (C=O) groups excluding carboxylic acids is 2. The van der Waals surface area contributed by atoms with Crippen molar-refractivity contribution < 1.29 is 14.3 Å². The van der Waals surface area contributed by atoms with Crippen LogP contribution in [0, 0.1) is 0 Å². The highest BCUT2D eigenvalue weighted by molar-refractivity contribution is 7.99. The topological polar surface area (TPSA) is 86.1 Å². The average Bonchev–Trinajstić information content (AvgIpc) is 3.49. The van der Waals surface area contributed by atoms with Gasteiger partial charge in [-0.05, 0) is 23.8 Å². The number of hydrogen-bond donors (Lipinski definition) is 1. The number of thioether (sulfide) groups is 1. The Kier molecular flexibility index (Phi) is 8.48. The first-order valence-corrected chi connectivity index (χ1v) is 13.2. The van der Waals surface area contributed by atoms with E-state index in [-0.39, 0.29) is 11.7 Å². The minimum Gasteiger partial charge on any atom is -0.465 e. The molecule has 0 bridgehead atoms. The summed E-state index contributed by atoms with van der Waals surface area (Å²) in [7, 11) is 1.31. The summed E-state index contributed by atoms with van der Waals surface area (Å²) in [4.78, 5) is 25.4. The van der Waals surface area contributed by atoms with Gasteiger partial charge in [-0.1, -0.05) is 71.4 Å². The van der Waals surface area contributed by atoms with Crippen LogP contribution in [0.4, 0.5) is 5.00 Å². The molecule has 36 heavy (non-hydrogen) atoms. The molecular formula is C25H20Cl2N4O3S2. The molecule has 1 N–H and O–H groups in total. The summed E-state index contributed by atoms with van der Waals surface area (Å²) in [5.41, 5.74) is 2.62. The Balaban J connectivity index is 1.52. The molecule has 2 heterocycles. The van der Waals surface area contributed by atoms with Gasteiger partial charge in [0.05, 0.1) is 22.9 Å². The summed E-state index contributed by atoms with van der Waals surface area (Å²) in [5.74, 6) is -0.184. The number of hydrogen-bond acceptors (Lipinski definition) is 7. The molecule has 0 aliphatic heterocycles. The maximum Gasteiger partial charge on any atom is 0.341 e. The van der Waals surface area contributed by atoms with E-state index < -0.39 is 5.97 Å². The van der Waals surface area contributed by atoms with E-state index in [0.717, 1.165) is 11.1 Å². The van der Waals surface area contributed by atoms with Crippen LogP contribution in [-0.4, -0.2) is 39.5 Å². The van der Waals surface area contributed by atoms with Crippen LogP contribution in [-0.2, 0) is 16.1 Å². The number of carbonyl (C=O) groups is 2. The second kappa shape index (κ2) is 11.7. The third kappa shape index (κ3) is 5.65. The fourth-order valence-electron chi connectivity index (χ4n) is 3.42. The molecule has 2 aromatic carbocycles. The fraction of sp³-hybridized carbons (Fsp3) is 0.120. The van der Waals surface area contributed by atoms with E-state index in [1.165, 1.54) is 30.2 Å². The van der Waals surface area contributed by atoms with E-state index in [4.69, 9.17) is 27.9 Å². The lowest BCUT2D eigenvalue weighted by molar-refractivity contribution is -0.113. The molecule has 184 valence electrons. The molecule has 4 aromatic rings. The van der Waals surface area contributed by atoms with Gasteiger partial charge in [0, 0.05) is 23.1 Å². The molecular weight excluding hydrogens is 539 g/mol. The molecule has 2 aromatic heterocycles. The Morgan fingerprint density at radius 3 is 2.61 bits per heavy atom. The summed E-state index contributed by atoms with van der Waals surface area (Å²) in [6.07, 6.45) is 1.72. The highest BCUT2D eigenvalue weighted by atomic mass is 35.5. The van der Waals surface area contributed by atoms with E-state index in [1.54, 1.807) is 24.3 Å². The number of benzene rings is 2. The SMILES string of the molecule is C=CCn1c(SCC(=O)Nc2scc(-c3ccccc3)c2C(=O)OC)nnc1-c1ccc(Cl)c(Cl)c1. The van der Waals surface area contributed by atoms with E-state index in [1.807, 2.05) is 40.3 Å². The molecule has 0 fully saturated rings. The number of methoxy groups -OCH3 is 1. The van der Waals surface area contributed by atoms with E-state index in [0.29, 0.717) is 43.7 Å². The number of thiophene rings is 1. The van der Waals surface area contributed by atoms with Crippen LogP contribution < -0.4 is 5.32 Å². The Morgan fingerprint density at radius 2 is 1.92 bits per heavy atom. The zero-order chi connectivity index (χ0) is 25.7. The number of esters is 1. The second-order valence-electron chi connectivity index (χ2n) is 7.38. The molecule has 11 heteroatoms. The lowest BCUT2D eigenvalue weighted by Gasteiger charge is -2.09. The first kappa shape index (κ1) is 26.0. The lowest BCUT2D eigenvalue weighted by atomic mass is 10.0. The van der Waals surface area contributed by atoms with Crippen LogP contribution in [0.2, 0.25) is 10.0 Å². The van der Waals surface area contributed by atoms with Gasteiger partial charge in [-0.2, -0.15) is 0 Å². The van der Waals surface area contributed by atoms with Gasteiger partial charge in [0.15, 0.2) is 11.0 Å². The van der Waals surface area contributed by atoms with Crippen LogP contribution >= 0.6 is 46.3 Å². The van der Waals surface area contributed by atoms with Gasteiger partial charge in [-0.15, -0.1) is 28.1 Å². The molecule has 0 aliphatic carbocycles. The minimum absolute atomic E-state index is 0.0514. The number of halogens is 2. The standard InChI is InChI=1S/C25H20Cl2N4O3S2/c1-3-11-31-22(16-9-10-18(26)19(27)12-16)29-30-25(31)36-14-20(32)28-23-21(24(33)34-2)17(13-35-23)15-7-5-4-6-8-15/h3-10,12-13H,1,11,14H2,2H3,(H,28,32). The van der Waals surface area contributed by atoms with E-state index in [9.17, 15) is 9.59 Å². The van der Waals surface area contributed by atoms with Crippen LogP contribution in [0.3, 0.4) is 0 Å². The summed E-state index contributed by atoms with van der Waals surface area (Å²) < 4.78 is 6.81. The van der Waals surface area contributed by atoms with Crippen molar-refractivity contribution in [1.82, 2.24) is 14.8 Å². The highest BCUT2D eigenvalue weighted by Crippen LogP contribution is 2.36. The van der Waals surface area contributed by atoms with Crippen molar-refractivity contribution in [1.29, 1.82) is 0 Å². The number of anilines is 1. The molecule has 0 saturated heterocycles. The Morgan fingerprint density at radius 1 is 1.14 bits per heavy atom. The minimum atomic E-state index is -0.518. The quantitative estimate of drug-likeness (QED) is 0.140. The average molecular weight is 560 g/mol. The predicted octanol–water partition coefficient (Wildman–Crippen LogP) is 6.68. The van der Waals surface area contributed by atoms with E-state index in [2.05, 4.69) is 22.1 Å². The van der Waals surface area contributed by atoms with Crippen molar-refractivity contribution in [3.63, 3.8) is 0 Å². The maximum atomic E-state index is 12.8. The molecule has 0 atom stereocenters. The zero-order valence-corrected chi connectivity index (χ0v) is 22.2. The van der Waals surface area contributed by atoms with Crippen molar-refractivity contribution in [2.24, 2.45) is 0 Å². The number of allylic oxidation sites excluding steroid dienone is 1. The molecule has 0 aliphatic rings. The fourth-order valence-corrected chi connectivity index (χ4v) is 5.43. The van der Waals surface area contributed by atoms with Crippen LogP contribution in [0.25, 0.3) is 22.5 Å². The van der Waals surface area contributed by atoms with Crippen LogP contribution in [0.1, 0.15) is 10.4 Å². The van der Waals surface area contributed by atoms with Gasteiger partial charge in [-0.3, -0.25) is 9.36 Å². The predicted molar refractivity (Wildman–Crippen MR) is 146 cm³/mol. The summed E-state index contributed by atoms with van der Waals surface area (Å²) in [5, 5.41) is 15.0. The van der Waals surface area contributed by atoms with Gasteiger partial charge in [0.1, 0.15) is 10.6 Å². The third-order valence-electron chi connectivity index (χ3n) is 5.06.